The van der Waals surface area contributed by atoms with Gasteiger partial charge in [0.05, 0.1) is 6.61 Å². The summed E-state index contributed by atoms with van der Waals surface area (Å²) < 4.78 is 6.14. The highest BCUT2D eigenvalue weighted by Crippen LogP contribution is 2.22. The average molecular weight is 264 g/mol. The van der Waals surface area contributed by atoms with Gasteiger partial charge in [-0.3, -0.25) is 0 Å². The van der Waals surface area contributed by atoms with Crippen LogP contribution in [0.2, 0.25) is 11.1 Å². The van der Waals surface area contributed by atoms with Crippen LogP contribution in [0.3, 0.4) is 0 Å². The fourth-order valence-corrected chi connectivity index (χ4v) is 4.39. The Hall–Kier alpha value is -0.803. The van der Waals surface area contributed by atoms with Crippen LogP contribution < -0.4 is 4.90 Å². The molecule has 0 aromatic heterocycles. The molecule has 0 amide bonds. The first kappa shape index (κ1) is 15.3. The van der Waals surface area contributed by atoms with Gasteiger partial charge in [0.2, 0.25) is 9.04 Å². The average Bonchev–Trinajstić information content (AvgIpc) is 2.28. The molecule has 0 bridgehead atoms. The third-order valence-corrected chi connectivity index (χ3v) is 5.75. The molecule has 0 atom stereocenters. The second-order valence-electron chi connectivity index (χ2n) is 5.56. The Morgan fingerprint density at radius 1 is 1.00 bits per heavy atom. The zero-order valence-electron chi connectivity index (χ0n) is 12.5. The van der Waals surface area contributed by atoms with E-state index in [9.17, 15) is 0 Å². The standard InChI is InChI=1S/C15H26NOSi/c1-12(2)18(13(3)4)17-11-14-7-9-15(10-8-14)16(5)6/h7-10,12-13H,11H2,1-6H3. The molecule has 0 unspecified atom stereocenters. The molecule has 0 aliphatic rings. The monoisotopic (exact) mass is 264 g/mol. The van der Waals surface area contributed by atoms with Crippen LogP contribution in [0.25, 0.3) is 0 Å². The molecule has 1 aromatic carbocycles. The van der Waals surface area contributed by atoms with E-state index in [2.05, 4.69) is 71.0 Å². The fourth-order valence-electron chi connectivity index (χ4n) is 2.06. The summed E-state index contributed by atoms with van der Waals surface area (Å²) in [7, 11) is 3.41. The van der Waals surface area contributed by atoms with E-state index in [1.807, 2.05) is 0 Å². The maximum atomic E-state index is 6.14. The van der Waals surface area contributed by atoms with Crippen molar-refractivity contribution in [2.75, 3.05) is 19.0 Å². The van der Waals surface area contributed by atoms with Gasteiger partial charge in [-0.1, -0.05) is 39.8 Å². The number of anilines is 1. The smallest absolute Gasteiger partial charge is 0.217 e. The van der Waals surface area contributed by atoms with E-state index < -0.39 is 9.04 Å². The summed E-state index contributed by atoms with van der Waals surface area (Å²) in [5, 5.41) is 0. The van der Waals surface area contributed by atoms with Crippen LogP contribution in [-0.2, 0) is 11.0 Å². The van der Waals surface area contributed by atoms with E-state index in [1.165, 1.54) is 11.3 Å². The molecule has 0 saturated carbocycles. The molecule has 3 heteroatoms. The van der Waals surface area contributed by atoms with E-state index >= 15 is 0 Å². The van der Waals surface area contributed by atoms with Gasteiger partial charge in [0.15, 0.2) is 0 Å². The highest BCUT2D eigenvalue weighted by molar-refractivity contribution is 6.54. The molecule has 0 spiro atoms. The summed E-state index contributed by atoms with van der Waals surface area (Å²) >= 11 is 0. The van der Waals surface area contributed by atoms with Crippen molar-refractivity contribution >= 4 is 14.7 Å². The summed E-state index contributed by atoms with van der Waals surface area (Å²) in [5.74, 6) is 0. The quantitative estimate of drug-likeness (QED) is 0.718. The summed E-state index contributed by atoms with van der Waals surface area (Å²) in [6.07, 6.45) is 0. The van der Waals surface area contributed by atoms with E-state index in [1.54, 1.807) is 0 Å². The van der Waals surface area contributed by atoms with Crippen molar-refractivity contribution in [3.63, 3.8) is 0 Å². The first-order chi connectivity index (χ1) is 8.41. The lowest BCUT2D eigenvalue weighted by atomic mass is 10.2. The normalized spacial score (nSPS) is 11.6. The summed E-state index contributed by atoms with van der Waals surface area (Å²) in [4.78, 5) is 2.11. The summed E-state index contributed by atoms with van der Waals surface area (Å²) in [6, 6.07) is 8.62. The van der Waals surface area contributed by atoms with Gasteiger partial charge in [0.25, 0.3) is 0 Å². The number of nitrogens with zero attached hydrogens (tertiary/aromatic N) is 1. The predicted molar refractivity (Wildman–Crippen MR) is 81.5 cm³/mol. The minimum atomic E-state index is -0.713. The zero-order valence-corrected chi connectivity index (χ0v) is 13.5. The van der Waals surface area contributed by atoms with Gasteiger partial charge in [-0.2, -0.15) is 0 Å². The van der Waals surface area contributed by atoms with Crippen molar-refractivity contribution in [1.29, 1.82) is 0 Å². The van der Waals surface area contributed by atoms with Crippen LogP contribution in [0.5, 0.6) is 0 Å². The van der Waals surface area contributed by atoms with Gasteiger partial charge in [0, 0.05) is 19.8 Å². The molecule has 101 valence electrons. The van der Waals surface area contributed by atoms with Crippen LogP contribution in [0.4, 0.5) is 5.69 Å². The van der Waals surface area contributed by atoms with Gasteiger partial charge in [-0.05, 0) is 28.8 Å². The lowest BCUT2D eigenvalue weighted by Gasteiger charge is -2.22. The third-order valence-electron chi connectivity index (χ3n) is 3.00. The van der Waals surface area contributed by atoms with Crippen molar-refractivity contribution in [2.45, 2.75) is 45.4 Å². The highest BCUT2D eigenvalue weighted by atomic mass is 28.3. The largest absolute Gasteiger partial charge is 0.412 e. The highest BCUT2D eigenvalue weighted by Gasteiger charge is 2.21. The Morgan fingerprint density at radius 3 is 1.89 bits per heavy atom. The molecule has 1 rings (SSSR count). The Labute approximate surface area is 114 Å². The number of benzene rings is 1. The Bertz CT molecular complexity index is 338. The van der Waals surface area contributed by atoms with E-state index in [0.29, 0.717) is 11.1 Å². The minimum Gasteiger partial charge on any atom is -0.412 e. The van der Waals surface area contributed by atoms with Gasteiger partial charge < -0.3 is 9.33 Å². The van der Waals surface area contributed by atoms with Crippen molar-refractivity contribution in [3.05, 3.63) is 29.8 Å². The van der Waals surface area contributed by atoms with E-state index in [-0.39, 0.29) is 0 Å². The van der Waals surface area contributed by atoms with Crippen LogP contribution in [0.15, 0.2) is 24.3 Å². The van der Waals surface area contributed by atoms with Gasteiger partial charge in [0.1, 0.15) is 0 Å². The second-order valence-corrected chi connectivity index (χ2v) is 8.96. The topological polar surface area (TPSA) is 12.5 Å². The third kappa shape index (κ3) is 4.46. The first-order valence-corrected chi connectivity index (χ1v) is 8.24. The van der Waals surface area contributed by atoms with Crippen molar-refractivity contribution in [3.8, 4) is 0 Å². The van der Waals surface area contributed by atoms with Crippen molar-refractivity contribution < 1.29 is 4.43 Å². The molecule has 0 N–H and O–H groups in total. The molecular weight excluding hydrogens is 238 g/mol. The maximum Gasteiger partial charge on any atom is 0.217 e. The van der Waals surface area contributed by atoms with Gasteiger partial charge >= 0.3 is 0 Å². The van der Waals surface area contributed by atoms with E-state index in [4.69, 9.17) is 4.43 Å². The molecule has 1 radical (unpaired) electrons. The first-order valence-electron chi connectivity index (χ1n) is 6.67. The van der Waals surface area contributed by atoms with E-state index in [0.717, 1.165) is 6.61 Å². The molecule has 2 nitrogen and oxygen atoms in total. The maximum absolute atomic E-state index is 6.14. The number of hydrogen-bond donors (Lipinski definition) is 0. The van der Waals surface area contributed by atoms with Crippen LogP contribution in [0.1, 0.15) is 33.3 Å². The zero-order chi connectivity index (χ0) is 13.7. The number of hydrogen-bond acceptors (Lipinski definition) is 2. The van der Waals surface area contributed by atoms with Crippen LogP contribution in [-0.4, -0.2) is 23.1 Å². The lowest BCUT2D eigenvalue weighted by molar-refractivity contribution is 0.296. The molecule has 18 heavy (non-hydrogen) atoms. The molecule has 0 saturated heterocycles. The molecule has 0 fully saturated rings. The predicted octanol–water partition coefficient (Wildman–Crippen LogP) is 4.08. The second kappa shape index (κ2) is 6.95. The minimum absolute atomic E-state index is 0.663. The lowest BCUT2D eigenvalue weighted by Crippen LogP contribution is -2.25. The Morgan fingerprint density at radius 2 is 1.50 bits per heavy atom. The molecule has 0 aliphatic carbocycles. The van der Waals surface area contributed by atoms with Crippen molar-refractivity contribution in [2.24, 2.45) is 0 Å². The number of rotatable bonds is 6. The summed E-state index contributed by atoms with van der Waals surface area (Å²) in [6.45, 7) is 9.82. The molecule has 1 aromatic rings. The fraction of sp³-hybridized carbons (Fsp3) is 0.600. The Balaban J connectivity index is 2.57. The SMILES string of the molecule is CC(C)[Si](OCc1ccc(N(C)C)cc1)C(C)C. The molecule has 0 heterocycles. The van der Waals surface area contributed by atoms with Gasteiger partial charge in [-0.15, -0.1) is 0 Å². The Kier molecular flexibility index (Phi) is 5.89. The molecule has 0 aliphatic heterocycles. The molecular formula is C15H26NOSi. The van der Waals surface area contributed by atoms with Crippen molar-refractivity contribution in [1.82, 2.24) is 0 Å². The summed E-state index contributed by atoms with van der Waals surface area (Å²) in [5.41, 5.74) is 3.83. The van der Waals surface area contributed by atoms with Crippen LogP contribution >= 0.6 is 0 Å². The van der Waals surface area contributed by atoms with Crippen LogP contribution in [0, 0.1) is 0 Å². The van der Waals surface area contributed by atoms with Gasteiger partial charge in [-0.25, -0.2) is 0 Å².